The molecular formula is C16H18N2O2S. The summed E-state index contributed by atoms with van der Waals surface area (Å²) in [6, 6.07) is 14.8. The van der Waals surface area contributed by atoms with Crippen LogP contribution in [-0.4, -0.2) is 15.9 Å². The van der Waals surface area contributed by atoms with E-state index in [2.05, 4.69) is 5.32 Å². The summed E-state index contributed by atoms with van der Waals surface area (Å²) in [7, 11) is -1.23. The molecule has 2 rings (SSSR count). The van der Waals surface area contributed by atoms with Crippen molar-refractivity contribution >= 4 is 28.1 Å². The molecule has 1 unspecified atom stereocenters. The van der Waals surface area contributed by atoms with Gasteiger partial charge in [-0.05, 0) is 30.2 Å². The van der Waals surface area contributed by atoms with Gasteiger partial charge in [-0.15, -0.1) is 0 Å². The second-order valence-corrected chi connectivity index (χ2v) is 6.29. The Morgan fingerprint density at radius 2 is 1.90 bits per heavy atom. The number of benzene rings is 2. The monoisotopic (exact) mass is 302 g/mol. The van der Waals surface area contributed by atoms with Gasteiger partial charge in [-0.2, -0.15) is 0 Å². The van der Waals surface area contributed by atoms with Gasteiger partial charge in [0.1, 0.15) is 5.75 Å². The predicted molar refractivity (Wildman–Crippen MR) is 87.4 cm³/mol. The van der Waals surface area contributed by atoms with Crippen molar-refractivity contribution < 1.29 is 9.00 Å². The number of hydrogen-bond donors (Lipinski definition) is 2. The van der Waals surface area contributed by atoms with Crippen molar-refractivity contribution in [1.29, 1.82) is 0 Å². The van der Waals surface area contributed by atoms with Crippen LogP contribution in [0.3, 0.4) is 0 Å². The molecule has 1 atom stereocenters. The number of hydrogen-bond acceptors (Lipinski definition) is 3. The molecule has 0 aliphatic heterocycles. The summed E-state index contributed by atoms with van der Waals surface area (Å²) in [4.78, 5) is 11.9. The molecule has 0 heterocycles. The molecule has 2 aromatic rings. The molecule has 2 aromatic carbocycles. The number of nitrogens with two attached hydrogens (primary N) is 1. The Morgan fingerprint density at radius 3 is 2.62 bits per heavy atom. The second-order valence-electron chi connectivity index (χ2n) is 4.84. The third kappa shape index (κ3) is 4.72. The van der Waals surface area contributed by atoms with Crippen molar-refractivity contribution in [1.82, 2.24) is 0 Å². The van der Waals surface area contributed by atoms with E-state index in [1.807, 2.05) is 43.3 Å². The van der Waals surface area contributed by atoms with Crippen LogP contribution in [0, 0.1) is 6.92 Å². The first-order valence-electron chi connectivity index (χ1n) is 6.59. The number of rotatable bonds is 5. The average molecular weight is 302 g/mol. The smallest absolute Gasteiger partial charge is 0.237 e. The van der Waals surface area contributed by atoms with E-state index in [-0.39, 0.29) is 11.7 Å². The summed E-state index contributed by atoms with van der Waals surface area (Å²) in [6.45, 7) is 1.88. The van der Waals surface area contributed by atoms with Gasteiger partial charge in [0.05, 0.1) is 0 Å². The number of aryl methyl sites for hydroxylation is 1. The fourth-order valence-electron chi connectivity index (χ4n) is 1.92. The second kappa shape index (κ2) is 7.04. The summed E-state index contributed by atoms with van der Waals surface area (Å²) in [5.74, 6) is 0.0887. The van der Waals surface area contributed by atoms with Crippen LogP contribution in [0.15, 0.2) is 48.5 Å². The first-order chi connectivity index (χ1) is 10.0. The topological polar surface area (TPSA) is 72.2 Å². The molecule has 4 nitrogen and oxygen atoms in total. The molecule has 0 bridgehead atoms. The van der Waals surface area contributed by atoms with Crippen molar-refractivity contribution in [2.75, 3.05) is 16.8 Å². The van der Waals surface area contributed by atoms with Gasteiger partial charge < -0.3 is 11.1 Å². The highest BCUT2D eigenvalue weighted by atomic mass is 32.2. The van der Waals surface area contributed by atoms with Crippen LogP contribution in [0.25, 0.3) is 0 Å². The molecule has 21 heavy (non-hydrogen) atoms. The van der Waals surface area contributed by atoms with Gasteiger partial charge in [0.15, 0.2) is 0 Å². The predicted octanol–water partition coefficient (Wildman–Crippen LogP) is 2.46. The molecule has 0 fully saturated rings. The van der Waals surface area contributed by atoms with Crippen molar-refractivity contribution in [2.45, 2.75) is 12.7 Å². The maximum absolute atomic E-state index is 12.0. The van der Waals surface area contributed by atoms with Crippen LogP contribution in [0.5, 0.6) is 0 Å². The van der Waals surface area contributed by atoms with E-state index in [1.165, 1.54) is 0 Å². The quantitative estimate of drug-likeness (QED) is 0.833. The lowest BCUT2D eigenvalue weighted by atomic mass is 10.2. The molecule has 0 saturated heterocycles. The van der Waals surface area contributed by atoms with Gasteiger partial charge in [-0.25, -0.2) is 0 Å². The first-order valence-corrected chi connectivity index (χ1v) is 8.08. The molecule has 0 aliphatic rings. The molecule has 0 aliphatic carbocycles. The lowest BCUT2D eigenvalue weighted by Crippen LogP contribution is -2.20. The summed E-state index contributed by atoms with van der Waals surface area (Å²) in [6.07, 6.45) is 0. The first kappa shape index (κ1) is 15.3. The number of amides is 1. The minimum Gasteiger partial charge on any atom is -0.399 e. The van der Waals surface area contributed by atoms with Crippen molar-refractivity contribution in [3.8, 4) is 0 Å². The van der Waals surface area contributed by atoms with Gasteiger partial charge >= 0.3 is 0 Å². The lowest BCUT2D eigenvalue weighted by Gasteiger charge is -2.09. The minimum absolute atomic E-state index is 0.0247. The van der Waals surface area contributed by atoms with E-state index in [4.69, 9.17) is 5.73 Å². The molecule has 1 amide bonds. The molecule has 0 saturated carbocycles. The normalized spacial score (nSPS) is 11.9. The molecule has 0 radical (unpaired) electrons. The van der Waals surface area contributed by atoms with Gasteiger partial charge in [-0.1, -0.05) is 36.4 Å². The molecule has 110 valence electrons. The van der Waals surface area contributed by atoms with Crippen molar-refractivity contribution in [2.24, 2.45) is 0 Å². The van der Waals surface area contributed by atoms with E-state index >= 15 is 0 Å². The van der Waals surface area contributed by atoms with Crippen LogP contribution in [0.2, 0.25) is 0 Å². The minimum atomic E-state index is -1.23. The fourth-order valence-corrected chi connectivity index (χ4v) is 2.95. The highest BCUT2D eigenvalue weighted by Crippen LogP contribution is 2.18. The number of anilines is 2. The Labute approximate surface area is 126 Å². The zero-order valence-electron chi connectivity index (χ0n) is 11.8. The average Bonchev–Trinajstić information content (AvgIpc) is 2.43. The summed E-state index contributed by atoms with van der Waals surface area (Å²) >= 11 is 0. The van der Waals surface area contributed by atoms with Crippen LogP contribution in [0.1, 0.15) is 11.1 Å². The van der Waals surface area contributed by atoms with Gasteiger partial charge in [0.2, 0.25) is 5.91 Å². The Hall–Kier alpha value is -2.14. The maximum Gasteiger partial charge on any atom is 0.237 e. The SMILES string of the molecule is Cc1ccc(N)cc1NC(=O)CS(=O)Cc1ccccc1. The molecule has 0 aromatic heterocycles. The Balaban J connectivity index is 1.92. The Kier molecular flexibility index (Phi) is 5.11. The zero-order chi connectivity index (χ0) is 15.2. The van der Waals surface area contributed by atoms with Crippen molar-refractivity contribution in [3.05, 3.63) is 59.7 Å². The van der Waals surface area contributed by atoms with Gasteiger partial charge in [0, 0.05) is 27.9 Å². The van der Waals surface area contributed by atoms with E-state index in [0.717, 1.165) is 11.1 Å². The van der Waals surface area contributed by atoms with Gasteiger partial charge in [0.25, 0.3) is 0 Å². The number of carbonyl (C=O) groups excluding carboxylic acids is 1. The summed E-state index contributed by atoms with van der Waals surface area (Å²) in [5, 5.41) is 2.76. The molecule has 0 spiro atoms. The summed E-state index contributed by atoms with van der Waals surface area (Å²) < 4.78 is 12.0. The van der Waals surface area contributed by atoms with E-state index in [9.17, 15) is 9.00 Å². The fraction of sp³-hybridized carbons (Fsp3) is 0.188. The van der Waals surface area contributed by atoms with Crippen LogP contribution >= 0.6 is 0 Å². The number of carbonyl (C=O) groups is 1. The lowest BCUT2D eigenvalue weighted by molar-refractivity contribution is -0.113. The molecular weight excluding hydrogens is 284 g/mol. The third-order valence-corrected chi connectivity index (χ3v) is 4.24. The summed E-state index contributed by atoms with van der Waals surface area (Å²) in [5.41, 5.74) is 8.83. The maximum atomic E-state index is 12.0. The van der Waals surface area contributed by atoms with Crippen LogP contribution < -0.4 is 11.1 Å². The number of nitrogens with one attached hydrogen (secondary N) is 1. The highest BCUT2D eigenvalue weighted by molar-refractivity contribution is 7.84. The standard InChI is InChI=1S/C16H18N2O2S/c1-12-7-8-14(17)9-15(12)18-16(19)11-21(20)10-13-5-3-2-4-6-13/h2-9H,10-11,17H2,1H3,(H,18,19). The third-order valence-electron chi connectivity index (χ3n) is 3.00. The largest absolute Gasteiger partial charge is 0.399 e. The molecule has 3 N–H and O–H groups in total. The van der Waals surface area contributed by atoms with Crippen LogP contribution in [0.4, 0.5) is 11.4 Å². The Morgan fingerprint density at radius 1 is 1.19 bits per heavy atom. The van der Waals surface area contributed by atoms with Crippen LogP contribution in [-0.2, 0) is 21.3 Å². The number of nitrogen functional groups attached to an aromatic ring is 1. The van der Waals surface area contributed by atoms with E-state index in [1.54, 1.807) is 12.1 Å². The van der Waals surface area contributed by atoms with E-state index in [0.29, 0.717) is 17.1 Å². The van der Waals surface area contributed by atoms with Crippen molar-refractivity contribution in [3.63, 3.8) is 0 Å². The Bertz CT molecular complexity index is 657. The zero-order valence-corrected chi connectivity index (χ0v) is 12.7. The van der Waals surface area contributed by atoms with Gasteiger partial charge in [-0.3, -0.25) is 9.00 Å². The highest BCUT2D eigenvalue weighted by Gasteiger charge is 2.10. The molecule has 5 heteroatoms. The van der Waals surface area contributed by atoms with E-state index < -0.39 is 10.8 Å².